The molecule has 2 aromatic carbocycles. The number of fused-ring (bicyclic) bond motifs is 1. The van der Waals surface area contributed by atoms with Crippen LogP contribution < -0.4 is 9.96 Å². The summed E-state index contributed by atoms with van der Waals surface area (Å²) in [5, 5.41) is 4.25. The smallest absolute Gasteiger partial charge is 0.266 e. The highest BCUT2D eigenvalue weighted by Gasteiger charge is 2.60. The summed E-state index contributed by atoms with van der Waals surface area (Å²) in [5.74, 6) is -1.18. The molecule has 0 unspecified atom stereocenters. The molecule has 2 aliphatic heterocycles. The Morgan fingerprint density at radius 2 is 1.62 bits per heavy atom. The van der Waals surface area contributed by atoms with Crippen molar-refractivity contribution in [1.29, 1.82) is 0 Å². The molecule has 0 aliphatic carbocycles. The number of carbonyl (C=O) groups is 2. The molecule has 3 heterocycles. The van der Waals surface area contributed by atoms with Crippen molar-refractivity contribution in [3.8, 4) is 0 Å². The molecule has 2 saturated heterocycles. The third-order valence-electron chi connectivity index (χ3n) is 5.32. The van der Waals surface area contributed by atoms with Crippen LogP contribution in [0.25, 0.3) is 0 Å². The Labute approximate surface area is 177 Å². The molecule has 2 aliphatic rings. The molecule has 0 N–H and O–H groups in total. The van der Waals surface area contributed by atoms with Crippen LogP contribution in [0, 0.1) is 12.8 Å². The van der Waals surface area contributed by atoms with E-state index in [2.05, 4.69) is 0 Å². The van der Waals surface area contributed by atoms with Gasteiger partial charge in [-0.2, -0.15) is 0 Å². The van der Waals surface area contributed by atoms with Gasteiger partial charge >= 0.3 is 0 Å². The highest BCUT2D eigenvalue weighted by atomic mass is 35.5. The number of benzene rings is 2. The molecule has 5 rings (SSSR count). The second-order valence-electron chi connectivity index (χ2n) is 7.16. The van der Waals surface area contributed by atoms with E-state index in [1.165, 1.54) is 4.90 Å². The monoisotopic (exact) mass is 424 g/mol. The summed E-state index contributed by atoms with van der Waals surface area (Å²) < 4.78 is 0. The van der Waals surface area contributed by atoms with Gasteiger partial charge in [0, 0.05) is 9.90 Å². The summed E-state index contributed by atoms with van der Waals surface area (Å²) in [6, 6.07) is 18.1. The molecule has 3 aromatic rings. The Bertz CT molecular complexity index is 1070. The maximum absolute atomic E-state index is 13.4. The third-order valence-corrected chi connectivity index (χ3v) is 6.52. The third kappa shape index (κ3) is 2.95. The molecule has 1 aromatic heterocycles. The number of nitrogens with zero attached hydrogens (tertiary/aromatic N) is 2. The van der Waals surface area contributed by atoms with Gasteiger partial charge in [-0.3, -0.25) is 14.4 Å². The quantitative estimate of drug-likeness (QED) is 0.569. The first-order chi connectivity index (χ1) is 14.0. The van der Waals surface area contributed by atoms with Gasteiger partial charge in [0.25, 0.3) is 5.91 Å². The maximum atomic E-state index is 13.4. The van der Waals surface area contributed by atoms with Gasteiger partial charge in [-0.05, 0) is 54.8 Å². The van der Waals surface area contributed by atoms with E-state index in [1.54, 1.807) is 40.7 Å². The van der Waals surface area contributed by atoms with Crippen molar-refractivity contribution in [2.24, 2.45) is 5.92 Å². The van der Waals surface area contributed by atoms with E-state index in [9.17, 15) is 9.59 Å². The molecule has 29 heavy (non-hydrogen) atoms. The van der Waals surface area contributed by atoms with Crippen molar-refractivity contribution < 1.29 is 14.4 Å². The first-order valence-corrected chi connectivity index (χ1v) is 10.5. The standard InChI is InChI=1S/C22H17ClN2O3S/c1-13-4-8-15(9-5-13)24-21(26)18-19(17-3-2-12-29-17)25(28-20(18)22(24)27)16-10-6-14(23)7-11-16/h2-12,18-20H,1H3/t18-,19+,20+/m0/s1. The molecule has 0 radical (unpaired) electrons. The molecule has 7 heteroatoms. The molecular formula is C22H17ClN2O3S. The zero-order valence-corrected chi connectivity index (χ0v) is 17.1. The van der Waals surface area contributed by atoms with Crippen LogP contribution in [0.2, 0.25) is 5.02 Å². The number of halogens is 1. The maximum Gasteiger partial charge on any atom is 0.266 e. The Morgan fingerprint density at radius 3 is 2.28 bits per heavy atom. The number of rotatable bonds is 3. The van der Waals surface area contributed by atoms with Crippen molar-refractivity contribution in [3.63, 3.8) is 0 Å². The number of amides is 2. The largest absolute Gasteiger partial charge is 0.273 e. The molecular weight excluding hydrogens is 408 g/mol. The molecule has 2 fully saturated rings. The van der Waals surface area contributed by atoms with Crippen molar-refractivity contribution >= 4 is 46.1 Å². The average Bonchev–Trinajstić information content (AvgIpc) is 3.41. The lowest BCUT2D eigenvalue weighted by Crippen LogP contribution is -2.37. The van der Waals surface area contributed by atoms with Crippen LogP contribution in [-0.4, -0.2) is 17.9 Å². The lowest BCUT2D eigenvalue weighted by molar-refractivity contribution is -0.126. The molecule has 2 amide bonds. The van der Waals surface area contributed by atoms with E-state index in [1.807, 2.05) is 48.7 Å². The highest BCUT2D eigenvalue weighted by Crippen LogP contribution is 2.48. The van der Waals surface area contributed by atoms with Crippen LogP contribution in [0.3, 0.4) is 0 Å². The van der Waals surface area contributed by atoms with Crippen LogP contribution >= 0.6 is 22.9 Å². The van der Waals surface area contributed by atoms with Crippen molar-refractivity contribution in [2.45, 2.75) is 19.1 Å². The number of hydrogen-bond acceptors (Lipinski definition) is 5. The first kappa shape index (κ1) is 18.4. The van der Waals surface area contributed by atoms with Gasteiger partial charge in [0.05, 0.1) is 11.4 Å². The second-order valence-corrected chi connectivity index (χ2v) is 8.58. The number of carbonyl (C=O) groups excluding carboxylic acids is 2. The number of aryl methyl sites for hydroxylation is 1. The number of hydrogen-bond donors (Lipinski definition) is 0. The van der Waals surface area contributed by atoms with Crippen LogP contribution in [0.1, 0.15) is 16.5 Å². The number of hydroxylamine groups is 1. The fourth-order valence-electron chi connectivity index (χ4n) is 3.92. The van der Waals surface area contributed by atoms with Crippen LogP contribution in [0.5, 0.6) is 0 Å². The minimum atomic E-state index is -0.855. The van der Waals surface area contributed by atoms with Gasteiger partial charge in [-0.15, -0.1) is 11.3 Å². The van der Waals surface area contributed by atoms with Crippen molar-refractivity contribution in [1.82, 2.24) is 0 Å². The van der Waals surface area contributed by atoms with E-state index in [0.29, 0.717) is 10.7 Å². The summed E-state index contributed by atoms with van der Waals surface area (Å²) in [6.45, 7) is 1.96. The number of thiophene rings is 1. The van der Waals surface area contributed by atoms with Gasteiger partial charge in [-0.1, -0.05) is 35.4 Å². The summed E-state index contributed by atoms with van der Waals surface area (Å²) in [7, 11) is 0. The molecule has 146 valence electrons. The summed E-state index contributed by atoms with van der Waals surface area (Å²) in [6.07, 6.45) is -0.855. The zero-order valence-electron chi connectivity index (χ0n) is 15.5. The molecule has 3 atom stereocenters. The molecule has 0 spiro atoms. The fourth-order valence-corrected chi connectivity index (χ4v) is 4.90. The predicted octanol–water partition coefficient (Wildman–Crippen LogP) is 4.76. The van der Waals surface area contributed by atoms with Crippen LogP contribution in [-0.2, 0) is 14.4 Å². The predicted molar refractivity (Wildman–Crippen MR) is 113 cm³/mol. The van der Waals surface area contributed by atoms with Gasteiger partial charge < -0.3 is 0 Å². The summed E-state index contributed by atoms with van der Waals surface area (Å²) >= 11 is 7.57. The second kappa shape index (κ2) is 6.99. The Hall–Kier alpha value is -2.67. The van der Waals surface area contributed by atoms with Gasteiger partial charge in [-0.25, -0.2) is 9.96 Å². The lowest BCUT2D eigenvalue weighted by atomic mass is 9.95. The van der Waals surface area contributed by atoms with Gasteiger partial charge in [0.2, 0.25) is 5.91 Å². The van der Waals surface area contributed by atoms with Crippen molar-refractivity contribution in [2.75, 3.05) is 9.96 Å². The van der Waals surface area contributed by atoms with E-state index in [-0.39, 0.29) is 17.9 Å². The van der Waals surface area contributed by atoms with Gasteiger partial charge in [0.15, 0.2) is 6.10 Å². The van der Waals surface area contributed by atoms with E-state index in [0.717, 1.165) is 16.1 Å². The lowest BCUT2D eigenvalue weighted by Gasteiger charge is -2.27. The van der Waals surface area contributed by atoms with Gasteiger partial charge in [0.1, 0.15) is 12.0 Å². The Balaban J connectivity index is 1.56. The summed E-state index contributed by atoms with van der Waals surface area (Å²) in [5.41, 5.74) is 2.39. The Morgan fingerprint density at radius 1 is 0.931 bits per heavy atom. The average molecular weight is 425 g/mol. The highest BCUT2D eigenvalue weighted by molar-refractivity contribution is 7.10. The zero-order chi connectivity index (χ0) is 20.1. The van der Waals surface area contributed by atoms with Crippen LogP contribution in [0.4, 0.5) is 11.4 Å². The molecule has 0 saturated carbocycles. The number of imide groups is 1. The normalized spacial score (nSPS) is 23.7. The summed E-state index contributed by atoms with van der Waals surface area (Å²) in [4.78, 5) is 34.9. The van der Waals surface area contributed by atoms with E-state index < -0.39 is 12.0 Å². The fraction of sp³-hybridized carbons (Fsp3) is 0.182. The minimum absolute atomic E-state index is 0.237. The molecule has 5 nitrogen and oxygen atoms in total. The van der Waals surface area contributed by atoms with E-state index >= 15 is 0 Å². The van der Waals surface area contributed by atoms with Crippen molar-refractivity contribution in [3.05, 3.63) is 81.5 Å². The first-order valence-electron chi connectivity index (χ1n) is 9.24. The minimum Gasteiger partial charge on any atom is -0.273 e. The SMILES string of the molecule is Cc1ccc(N2C(=O)[C@H]3[C@@H](c4cccs4)N(c4ccc(Cl)cc4)O[C@H]3C2=O)cc1. The number of anilines is 2. The van der Waals surface area contributed by atoms with E-state index in [4.69, 9.17) is 16.4 Å². The van der Waals surface area contributed by atoms with Crippen LogP contribution in [0.15, 0.2) is 66.0 Å². The Kier molecular flexibility index (Phi) is 4.42. The topological polar surface area (TPSA) is 49.9 Å². The molecule has 0 bridgehead atoms.